The van der Waals surface area contributed by atoms with Crippen LogP contribution in [0, 0.1) is 6.92 Å². The van der Waals surface area contributed by atoms with Crippen molar-refractivity contribution in [2.45, 2.75) is 17.4 Å². The van der Waals surface area contributed by atoms with E-state index in [0.717, 1.165) is 9.35 Å². The second-order valence-electron chi connectivity index (χ2n) is 3.94. The number of nitrogens with two attached hydrogens (primary N) is 1. The Labute approximate surface area is 119 Å². The van der Waals surface area contributed by atoms with E-state index >= 15 is 0 Å². The van der Waals surface area contributed by atoms with Crippen LogP contribution in [0.3, 0.4) is 0 Å². The minimum atomic E-state index is -0.560. The SMILES string of the molecule is Cc1nnc(SCC(O)COc2cccc(N)c2)s1. The summed E-state index contributed by atoms with van der Waals surface area (Å²) in [6, 6.07) is 7.14. The monoisotopic (exact) mass is 297 g/mol. The van der Waals surface area contributed by atoms with Crippen LogP contribution < -0.4 is 10.5 Å². The van der Waals surface area contributed by atoms with Gasteiger partial charge in [0.25, 0.3) is 0 Å². The lowest BCUT2D eigenvalue weighted by molar-refractivity contribution is 0.126. The molecule has 0 saturated carbocycles. The van der Waals surface area contributed by atoms with Gasteiger partial charge in [-0.1, -0.05) is 29.2 Å². The van der Waals surface area contributed by atoms with Gasteiger partial charge in [-0.25, -0.2) is 0 Å². The predicted octanol–water partition coefficient (Wildman–Crippen LogP) is 1.96. The molecule has 0 bridgehead atoms. The molecule has 1 aromatic carbocycles. The normalized spacial score (nSPS) is 12.3. The van der Waals surface area contributed by atoms with Gasteiger partial charge in [-0.3, -0.25) is 0 Å². The molecule has 1 heterocycles. The van der Waals surface area contributed by atoms with Crippen LogP contribution in [0.1, 0.15) is 5.01 Å². The van der Waals surface area contributed by atoms with Gasteiger partial charge in [-0.05, 0) is 19.1 Å². The lowest BCUT2D eigenvalue weighted by atomic mass is 10.3. The Morgan fingerprint density at radius 2 is 2.32 bits per heavy atom. The Balaban J connectivity index is 1.74. The molecule has 1 aromatic heterocycles. The van der Waals surface area contributed by atoms with E-state index in [4.69, 9.17) is 10.5 Å². The van der Waals surface area contributed by atoms with Gasteiger partial charge in [-0.2, -0.15) is 0 Å². The van der Waals surface area contributed by atoms with Gasteiger partial charge < -0.3 is 15.6 Å². The van der Waals surface area contributed by atoms with E-state index in [2.05, 4.69) is 10.2 Å². The van der Waals surface area contributed by atoms with Gasteiger partial charge in [0.05, 0.1) is 6.10 Å². The van der Waals surface area contributed by atoms with Crippen molar-refractivity contribution in [3.8, 4) is 5.75 Å². The molecule has 7 heteroatoms. The Bertz CT molecular complexity index is 533. The highest BCUT2D eigenvalue weighted by Gasteiger charge is 2.09. The lowest BCUT2D eigenvalue weighted by Crippen LogP contribution is -2.20. The number of aliphatic hydroxyl groups is 1. The number of aliphatic hydroxyl groups excluding tert-OH is 1. The molecule has 0 amide bonds. The Morgan fingerprint density at radius 3 is 3.00 bits per heavy atom. The molecule has 19 heavy (non-hydrogen) atoms. The van der Waals surface area contributed by atoms with Crippen LogP contribution in [0.2, 0.25) is 0 Å². The average Bonchev–Trinajstić information content (AvgIpc) is 2.80. The van der Waals surface area contributed by atoms with Crippen LogP contribution in [0.25, 0.3) is 0 Å². The van der Waals surface area contributed by atoms with E-state index in [-0.39, 0.29) is 6.61 Å². The number of nitrogens with zero attached hydrogens (tertiary/aromatic N) is 2. The molecule has 1 atom stereocenters. The maximum Gasteiger partial charge on any atom is 0.174 e. The maximum absolute atomic E-state index is 9.83. The number of hydrogen-bond acceptors (Lipinski definition) is 7. The molecule has 0 saturated heterocycles. The van der Waals surface area contributed by atoms with Crippen LogP contribution in [0.4, 0.5) is 5.69 Å². The van der Waals surface area contributed by atoms with Gasteiger partial charge in [-0.15, -0.1) is 10.2 Å². The third-order valence-corrected chi connectivity index (χ3v) is 4.32. The number of aryl methyl sites for hydroxylation is 1. The molecular weight excluding hydrogens is 282 g/mol. The standard InChI is InChI=1S/C12H15N3O2S2/c1-8-14-15-12(19-8)18-7-10(16)6-17-11-4-2-3-9(13)5-11/h2-5,10,16H,6-7,13H2,1H3. The van der Waals surface area contributed by atoms with E-state index < -0.39 is 6.10 Å². The summed E-state index contributed by atoms with van der Waals surface area (Å²) in [6.45, 7) is 2.13. The number of ether oxygens (including phenoxy) is 1. The van der Waals surface area contributed by atoms with Gasteiger partial charge >= 0.3 is 0 Å². The molecule has 5 nitrogen and oxygen atoms in total. The third kappa shape index (κ3) is 4.70. The van der Waals surface area contributed by atoms with Gasteiger partial charge in [0, 0.05) is 17.5 Å². The third-order valence-electron chi connectivity index (χ3n) is 2.21. The minimum absolute atomic E-state index is 0.230. The fraction of sp³-hybridized carbons (Fsp3) is 0.333. The van der Waals surface area contributed by atoms with E-state index in [9.17, 15) is 5.11 Å². The van der Waals surface area contributed by atoms with Crippen molar-refractivity contribution in [2.24, 2.45) is 0 Å². The number of aromatic nitrogens is 2. The number of rotatable bonds is 6. The van der Waals surface area contributed by atoms with Crippen molar-refractivity contribution < 1.29 is 9.84 Å². The van der Waals surface area contributed by atoms with E-state index in [0.29, 0.717) is 17.2 Å². The topological polar surface area (TPSA) is 81.3 Å². The summed E-state index contributed by atoms with van der Waals surface area (Å²) in [5.41, 5.74) is 6.29. The van der Waals surface area contributed by atoms with Crippen molar-refractivity contribution >= 4 is 28.8 Å². The van der Waals surface area contributed by atoms with Crippen molar-refractivity contribution in [1.29, 1.82) is 0 Å². The summed E-state index contributed by atoms with van der Waals surface area (Å²) in [4.78, 5) is 0. The first kappa shape index (κ1) is 14.1. The predicted molar refractivity (Wildman–Crippen MR) is 77.7 cm³/mol. The fourth-order valence-electron chi connectivity index (χ4n) is 1.35. The molecule has 0 aliphatic rings. The van der Waals surface area contributed by atoms with Gasteiger partial charge in [0.1, 0.15) is 17.4 Å². The van der Waals surface area contributed by atoms with Crippen LogP contribution >= 0.6 is 23.1 Å². The van der Waals surface area contributed by atoms with Crippen LogP contribution in [0.5, 0.6) is 5.75 Å². The summed E-state index contributed by atoms with van der Waals surface area (Å²) < 4.78 is 6.33. The molecule has 0 aliphatic heterocycles. The first-order valence-electron chi connectivity index (χ1n) is 5.73. The largest absolute Gasteiger partial charge is 0.491 e. The summed E-state index contributed by atoms with van der Waals surface area (Å²) in [7, 11) is 0. The van der Waals surface area contributed by atoms with Crippen molar-refractivity contribution in [3.63, 3.8) is 0 Å². The average molecular weight is 297 g/mol. The first-order valence-corrected chi connectivity index (χ1v) is 7.53. The summed E-state index contributed by atoms with van der Waals surface area (Å²) in [6.07, 6.45) is -0.560. The minimum Gasteiger partial charge on any atom is -0.491 e. The molecule has 2 aromatic rings. The van der Waals surface area contributed by atoms with E-state index in [1.807, 2.05) is 19.1 Å². The molecule has 0 fully saturated rings. The highest BCUT2D eigenvalue weighted by atomic mass is 32.2. The number of nitrogen functional groups attached to an aromatic ring is 1. The summed E-state index contributed by atoms with van der Waals surface area (Å²) >= 11 is 3.00. The van der Waals surface area contributed by atoms with Crippen LogP contribution in [-0.4, -0.2) is 33.8 Å². The highest BCUT2D eigenvalue weighted by molar-refractivity contribution is 8.01. The molecule has 102 valence electrons. The van der Waals surface area contributed by atoms with E-state index in [1.54, 1.807) is 12.1 Å². The van der Waals surface area contributed by atoms with Crippen molar-refractivity contribution in [2.75, 3.05) is 18.1 Å². The summed E-state index contributed by atoms with van der Waals surface area (Å²) in [5.74, 6) is 1.19. The first-order chi connectivity index (χ1) is 9.13. The molecule has 1 unspecified atom stereocenters. The maximum atomic E-state index is 9.83. The zero-order valence-electron chi connectivity index (χ0n) is 10.4. The molecule has 2 rings (SSSR count). The second-order valence-corrected chi connectivity index (χ2v) is 6.38. The summed E-state index contributed by atoms with van der Waals surface area (Å²) in [5, 5.41) is 18.7. The Hall–Kier alpha value is -1.31. The quantitative estimate of drug-likeness (QED) is 0.626. The second kappa shape index (κ2) is 6.74. The van der Waals surface area contributed by atoms with Crippen LogP contribution in [-0.2, 0) is 0 Å². The smallest absolute Gasteiger partial charge is 0.174 e. The van der Waals surface area contributed by atoms with Crippen molar-refractivity contribution in [1.82, 2.24) is 10.2 Å². The zero-order chi connectivity index (χ0) is 13.7. The number of benzene rings is 1. The molecule has 0 spiro atoms. The Morgan fingerprint density at radius 1 is 1.47 bits per heavy atom. The Kier molecular flexibility index (Phi) is 5.00. The molecule has 0 radical (unpaired) electrons. The number of anilines is 1. The lowest BCUT2D eigenvalue weighted by Gasteiger charge is -2.11. The number of thioether (sulfide) groups is 1. The van der Waals surface area contributed by atoms with E-state index in [1.165, 1.54) is 23.1 Å². The number of hydrogen-bond donors (Lipinski definition) is 2. The van der Waals surface area contributed by atoms with Crippen LogP contribution in [0.15, 0.2) is 28.6 Å². The molecule has 3 N–H and O–H groups in total. The molecular formula is C12H15N3O2S2. The van der Waals surface area contributed by atoms with Crippen molar-refractivity contribution in [3.05, 3.63) is 29.3 Å². The highest BCUT2D eigenvalue weighted by Crippen LogP contribution is 2.22. The fourth-order valence-corrected chi connectivity index (χ4v) is 3.10. The van der Waals surface area contributed by atoms with Gasteiger partial charge in [0.15, 0.2) is 4.34 Å². The van der Waals surface area contributed by atoms with Gasteiger partial charge in [0.2, 0.25) is 0 Å². The molecule has 0 aliphatic carbocycles. The zero-order valence-corrected chi connectivity index (χ0v) is 12.1.